The molecule has 0 fully saturated rings. The van der Waals surface area contributed by atoms with Crippen LogP contribution in [0.15, 0.2) is 36.5 Å². The van der Waals surface area contributed by atoms with Gasteiger partial charge in [-0.2, -0.15) is 0 Å². The van der Waals surface area contributed by atoms with Gasteiger partial charge >= 0.3 is 5.97 Å². The van der Waals surface area contributed by atoms with Gasteiger partial charge in [-0.05, 0) is 31.2 Å². The highest BCUT2D eigenvalue weighted by atomic mass is 16.5. The van der Waals surface area contributed by atoms with Crippen molar-refractivity contribution in [1.29, 1.82) is 0 Å². The minimum atomic E-state index is -0.283. The van der Waals surface area contributed by atoms with Crippen LogP contribution in [0.2, 0.25) is 0 Å². The maximum absolute atomic E-state index is 11.5. The molecule has 0 aliphatic heterocycles. The molecule has 0 saturated carbocycles. The molecule has 2 aromatic rings. The van der Waals surface area contributed by atoms with Crippen LogP contribution in [-0.4, -0.2) is 17.0 Å². The number of esters is 1. The lowest BCUT2D eigenvalue weighted by molar-refractivity contribution is 0.0518. The molecule has 2 heterocycles. The Labute approximate surface area is 81.9 Å². The molecular formula is C11H11NO2. The number of aromatic nitrogens is 1. The minimum Gasteiger partial charge on any atom is -0.461 e. The summed E-state index contributed by atoms with van der Waals surface area (Å²) in [7, 11) is 0. The molecule has 3 heteroatoms. The molecule has 0 spiro atoms. The maximum atomic E-state index is 11.5. The van der Waals surface area contributed by atoms with E-state index >= 15 is 0 Å². The Morgan fingerprint density at radius 2 is 2.14 bits per heavy atom. The van der Waals surface area contributed by atoms with Crippen LogP contribution in [0.4, 0.5) is 0 Å². The largest absolute Gasteiger partial charge is 0.461 e. The van der Waals surface area contributed by atoms with E-state index in [-0.39, 0.29) is 5.97 Å². The SMILES string of the molecule is CCOC(=O)c1cccc2cccn12. The van der Waals surface area contributed by atoms with Crippen molar-refractivity contribution in [2.45, 2.75) is 6.92 Å². The third-order valence-corrected chi connectivity index (χ3v) is 2.05. The fourth-order valence-electron chi connectivity index (χ4n) is 1.44. The third kappa shape index (κ3) is 1.37. The van der Waals surface area contributed by atoms with Gasteiger partial charge < -0.3 is 9.14 Å². The lowest BCUT2D eigenvalue weighted by Crippen LogP contribution is -2.09. The molecule has 72 valence electrons. The average Bonchev–Trinajstić information content (AvgIpc) is 2.65. The molecule has 0 aliphatic rings. The van der Waals surface area contributed by atoms with Gasteiger partial charge in [0.2, 0.25) is 0 Å². The van der Waals surface area contributed by atoms with Gasteiger partial charge in [0.25, 0.3) is 0 Å². The lowest BCUT2D eigenvalue weighted by atomic mass is 10.3. The zero-order valence-electron chi connectivity index (χ0n) is 7.93. The van der Waals surface area contributed by atoms with Crippen LogP contribution in [-0.2, 0) is 4.74 Å². The molecule has 0 amide bonds. The van der Waals surface area contributed by atoms with Crippen molar-refractivity contribution in [3.05, 3.63) is 42.2 Å². The molecular weight excluding hydrogens is 178 g/mol. The molecule has 2 aromatic heterocycles. The molecule has 0 N–H and O–H groups in total. The summed E-state index contributed by atoms with van der Waals surface area (Å²) < 4.78 is 6.76. The van der Waals surface area contributed by atoms with Crippen LogP contribution in [0.5, 0.6) is 0 Å². The summed E-state index contributed by atoms with van der Waals surface area (Å²) in [5, 5.41) is 0. The summed E-state index contributed by atoms with van der Waals surface area (Å²) in [4.78, 5) is 11.5. The molecule has 0 radical (unpaired) electrons. The predicted molar refractivity (Wildman–Crippen MR) is 53.4 cm³/mol. The van der Waals surface area contributed by atoms with E-state index in [4.69, 9.17) is 4.74 Å². The highest BCUT2D eigenvalue weighted by molar-refractivity contribution is 5.88. The Hall–Kier alpha value is -1.77. The number of pyridine rings is 1. The van der Waals surface area contributed by atoms with Gasteiger partial charge in [-0.15, -0.1) is 0 Å². The summed E-state index contributed by atoms with van der Waals surface area (Å²) in [5.74, 6) is -0.283. The highest BCUT2D eigenvalue weighted by Gasteiger charge is 2.09. The second-order valence-electron chi connectivity index (χ2n) is 2.93. The Morgan fingerprint density at radius 3 is 2.93 bits per heavy atom. The molecule has 0 bridgehead atoms. The topological polar surface area (TPSA) is 30.7 Å². The Bertz CT molecular complexity index is 459. The molecule has 14 heavy (non-hydrogen) atoms. The Kier molecular flexibility index (Phi) is 2.23. The summed E-state index contributed by atoms with van der Waals surface area (Å²) >= 11 is 0. The summed E-state index contributed by atoms with van der Waals surface area (Å²) in [6.45, 7) is 2.20. The molecule has 0 aliphatic carbocycles. The first-order valence-corrected chi connectivity index (χ1v) is 4.56. The van der Waals surface area contributed by atoms with Gasteiger partial charge in [0.05, 0.1) is 6.61 Å². The van der Waals surface area contributed by atoms with Crippen LogP contribution in [0.3, 0.4) is 0 Å². The Morgan fingerprint density at radius 1 is 1.36 bits per heavy atom. The second kappa shape index (κ2) is 3.54. The summed E-state index contributed by atoms with van der Waals surface area (Å²) in [6, 6.07) is 9.40. The standard InChI is InChI=1S/C11H11NO2/c1-2-14-11(13)10-7-3-5-9-6-4-8-12(9)10/h3-8H,2H2,1H3. The van der Waals surface area contributed by atoms with Crippen molar-refractivity contribution in [3.63, 3.8) is 0 Å². The first-order chi connectivity index (χ1) is 6.83. The van der Waals surface area contributed by atoms with Crippen LogP contribution < -0.4 is 0 Å². The smallest absolute Gasteiger partial charge is 0.355 e. The Balaban J connectivity index is 2.50. The maximum Gasteiger partial charge on any atom is 0.355 e. The van der Waals surface area contributed by atoms with Crippen molar-refractivity contribution < 1.29 is 9.53 Å². The minimum absolute atomic E-state index is 0.283. The van der Waals surface area contributed by atoms with E-state index in [1.54, 1.807) is 13.0 Å². The molecule has 0 saturated heterocycles. The fraction of sp³-hybridized carbons (Fsp3) is 0.182. The average molecular weight is 189 g/mol. The molecule has 3 nitrogen and oxygen atoms in total. The van der Waals surface area contributed by atoms with Gasteiger partial charge in [0, 0.05) is 11.7 Å². The first kappa shape index (κ1) is 8.81. The number of ether oxygens (including phenoxy) is 1. The lowest BCUT2D eigenvalue weighted by Gasteiger charge is -2.04. The first-order valence-electron chi connectivity index (χ1n) is 4.56. The van der Waals surface area contributed by atoms with E-state index in [1.807, 2.05) is 34.9 Å². The number of hydrogen-bond acceptors (Lipinski definition) is 2. The van der Waals surface area contributed by atoms with Crippen LogP contribution in [0.1, 0.15) is 17.4 Å². The van der Waals surface area contributed by atoms with Gasteiger partial charge in [-0.25, -0.2) is 4.79 Å². The quantitative estimate of drug-likeness (QED) is 0.677. The monoisotopic (exact) mass is 189 g/mol. The number of carbonyl (C=O) groups is 1. The van der Waals surface area contributed by atoms with Gasteiger partial charge in [-0.3, -0.25) is 0 Å². The molecule has 2 rings (SSSR count). The molecule has 0 atom stereocenters. The number of hydrogen-bond donors (Lipinski definition) is 0. The highest BCUT2D eigenvalue weighted by Crippen LogP contribution is 2.09. The van der Waals surface area contributed by atoms with Crippen molar-refractivity contribution >= 4 is 11.5 Å². The van der Waals surface area contributed by atoms with Crippen molar-refractivity contribution in [2.24, 2.45) is 0 Å². The molecule has 0 unspecified atom stereocenters. The van der Waals surface area contributed by atoms with Crippen LogP contribution in [0.25, 0.3) is 5.52 Å². The fourth-order valence-corrected chi connectivity index (χ4v) is 1.44. The van der Waals surface area contributed by atoms with E-state index in [1.165, 1.54) is 0 Å². The number of carbonyl (C=O) groups excluding carboxylic acids is 1. The summed E-state index contributed by atoms with van der Waals surface area (Å²) in [6.07, 6.45) is 1.85. The number of nitrogens with zero attached hydrogens (tertiary/aromatic N) is 1. The van der Waals surface area contributed by atoms with E-state index in [2.05, 4.69) is 0 Å². The predicted octanol–water partition coefficient (Wildman–Crippen LogP) is 2.12. The van der Waals surface area contributed by atoms with Gasteiger partial charge in [0.1, 0.15) is 5.69 Å². The van der Waals surface area contributed by atoms with Crippen LogP contribution >= 0.6 is 0 Å². The van der Waals surface area contributed by atoms with Crippen molar-refractivity contribution in [3.8, 4) is 0 Å². The second-order valence-corrected chi connectivity index (χ2v) is 2.93. The van der Waals surface area contributed by atoms with E-state index in [0.29, 0.717) is 12.3 Å². The zero-order chi connectivity index (χ0) is 9.97. The zero-order valence-corrected chi connectivity index (χ0v) is 7.93. The van der Waals surface area contributed by atoms with Crippen molar-refractivity contribution in [2.75, 3.05) is 6.61 Å². The number of fused-ring (bicyclic) bond motifs is 1. The normalized spacial score (nSPS) is 10.4. The van der Waals surface area contributed by atoms with Crippen molar-refractivity contribution in [1.82, 2.24) is 4.40 Å². The van der Waals surface area contributed by atoms with Crippen LogP contribution in [0, 0.1) is 0 Å². The van der Waals surface area contributed by atoms with Gasteiger partial charge in [-0.1, -0.05) is 6.07 Å². The molecule has 0 aromatic carbocycles. The van der Waals surface area contributed by atoms with E-state index in [0.717, 1.165) is 5.52 Å². The van der Waals surface area contributed by atoms with E-state index < -0.39 is 0 Å². The van der Waals surface area contributed by atoms with Gasteiger partial charge in [0.15, 0.2) is 0 Å². The number of rotatable bonds is 2. The summed E-state index contributed by atoms with van der Waals surface area (Å²) in [5.41, 5.74) is 1.56. The third-order valence-electron chi connectivity index (χ3n) is 2.05. The van der Waals surface area contributed by atoms with E-state index in [9.17, 15) is 4.79 Å².